The third-order valence-corrected chi connectivity index (χ3v) is 7.80. The molecule has 0 amide bonds. The molecule has 0 aliphatic heterocycles. The fourth-order valence-corrected chi connectivity index (χ4v) is 5.86. The van der Waals surface area contributed by atoms with Gasteiger partial charge in [0, 0.05) is 0 Å². The lowest BCUT2D eigenvalue weighted by molar-refractivity contribution is 0.169. The summed E-state index contributed by atoms with van der Waals surface area (Å²) in [7, 11) is 0. The summed E-state index contributed by atoms with van der Waals surface area (Å²) in [6.07, 6.45) is 16.3. The smallest absolute Gasteiger partial charge is 0.141 e. The van der Waals surface area contributed by atoms with Gasteiger partial charge >= 0.3 is 0 Å². The molecule has 2 fully saturated rings. The van der Waals surface area contributed by atoms with E-state index in [1.165, 1.54) is 77.0 Å². The first-order valence-corrected chi connectivity index (χ1v) is 11.8. The Balaban J connectivity index is 1.42. The molecule has 1 aromatic carbocycles. The Morgan fingerprint density at radius 2 is 1.71 bits per heavy atom. The first-order chi connectivity index (χ1) is 13.6. The highest BCUT2D eigenvalue weighted by atomic mass is 19.1. The van der Waals surface area contributed by atoms with Crippen LogP contribution >= 0.6 is 0 Å². The van der Waals surface area contributed by atoms with Crippen molar-refractivity contribution < 1.29 is 4.39 Å². The lowest BCUT2D eigenvalue weighted by atomic mass is 9.70. The van der Waals surface area contributed by atoms with Crippen LogP contribution in [0.3, 0.4) is 0 Å². The fourth-order valence-electron chi connectivity index (χ4n) is 5.86. The van der Waals surface area contributed by atoms with Crippen LogP contribution in [-0.2, 0) is 0 Å². The molecule has 2 aliphatic carbocycles. The number of hydrogen-bond acceptors (Lipinski definition) is 1. The topological polar surface area (TPSA) is 23.8 Å². The Morgan fingerprint density at radius 3 is 2.32 bits per heavy atom. The molecule has 1 nitrogen and oxygen atoms in total. The second kappa shape index (κ2) is 10.4. The summed E-state index contributed by atoms with van der Waals surface area (Å²) >= 11 is 0. The average Bonchev–Trinajstić information content (AvgIpc) is 2.73. The number of nitriles is 1. The van der Waals surface area contributed by atoms with Gasteiger partial charge in [-0.05, 0) is 92.2 Å². The van der Waals surface area contributed by atoms with Crippen molar-refractivity contribution in [3.05, 3.63) is 35.1 Å². The van der Waals surface area contributed by atoms with Gasteiger partial charge in [0.1, 0.15) is 11.9 Å². The Morgan fingerprint density at radius 1 is 1.04 bits per heavy atom. The molecule has 2 heteroatoms. The van der Waals surface area contributed by atoms with E-state index in [1.807, 2.05) is 12.1 Å². The number of benzene rings is 1. The maximum atomic E-state index is 13.9. The Hall–Kier alpha value is -1.36. The number of unbranched alkanes of at least 4 members (excludes halogenated alkanes) is 1. The van der Waals surface area contributed by atoms with Crippen LogP contribution in [0.4, 0.5) is 4.39 Å². The number of halogens is 1. The Kier molecular flexibility index (Phi) is 7.95. The molecule has 0 bridgehead atoms. The van der Waals surface area contributed by atoms with Crippen LogP contribution in [0.15, 0.2) is 18.2 Å². The maximum absolute atomic E-state index is 13.9. The van der Waals surface area contributed by atoms with Crippen molar-refractivity contribution in [2.45, 2.75) is 96.8 Å². The monoisotopic (exact) mass is 383 g/mol. The van der Waals surface area contributed by atoms with Gasteiger partial charge in [-0.15, -0.1) is 0 Å². The molecule has 1 aromatic rings. The fraction of sp³-hybridized carbons (Fsp3) is 0.731. The van der Waals surface area contributed by atoms with E-state index in [4.69, 9.17) is 5.26 Å². The first-order valence-electron chi connectivity index (χ1n) is 11.8. The molecule has 2 aliphatic rings. The molecule has 1 atom stereocenters. The van der Waals surface area contributed by atoms with E-state index in [1.54, 1.807) is 12.1 Å². The summed E-state index contributed by atoms with van der Waals surface area (Å²) in [4.78, 5) is 0. The predicted molar refractivity (Wildman–Crippen MR) is 115 cm³/mol. The van der Waals surface area contributed by atoms with Crippen LogP contribution in [0.5, 0.6) is 0 Å². The van der Waals surface area contributed by atoms with Gasteiger partial charge in [0.05, 0.1) is 5.56 Å². The molecule has 0 N–H and O–H groups in total. The molecular weight excluding hydrogens is 345 g/mol. The lowest BCUT2D eigenvalue weighted by Crippen LogP contribution is -2.23. The van der Waals surface area contributed by atoms with E-state index in [9.17, 15) is 4.39 Å². The number of nitrogens with zero attached hydrogens (tertiary/aromatic N) is 1. The van der Waals surface area contributed by atoms with E-state index in [0.29, 0.717) is 5.92 Å². The third kappa shape index (κ3) is 5.59. The molecule has 1 unspecified atom stereocenters. The highest BCUT2D eigenvalue weighted by molar-refractivity contribution is 5.34. The highest BCUT2D eigenvalue weighted by Crippen LogP contribution is 2.42. The van der Waals surface area contributed by atoms with E-state index in [-0.39, 0.29) is 11.4 Å². The average molecular weight is 384 g/mol. The van der Waals surface area contributed by atoms with Crippen molar-refractivity contribution in [2.24, 2.45) is 23.7 Å². The second-order valence-corrected chi connectivity index (χ2v) is 9.70. The molecule has 28 heavy (non-hydrogen) atoms. The van der Waals surface area contributed by atoms with Crippen LogP contribution in [0.1, 0.15) is 108 Å². The van der Waals surface area contributed by atoms with Gasteiger partial charge in [0.15, 0.2) is 0 Å². The minimum Gasteiger partial charge on any atom is -0.206 e. The van der Waals surface area contributed by atoms with Crippen molar-refractivity contribution in [3.63, 3.8) is 0 Å². The van der Waals surface area contributed by atoms with E-state index < -0.39 is 0 Å². The van der Waals surface area contributed by atoms with Crippen LogP contribution < -0.4 is 0 Å². The van der Waals surface area contributed by atoms with Crippen LogP contribution in [0.25, 0.3) is 0 Å². The Bertz CT molecular complexity index is 645. The van der Waals surface area contributed by atoms with Gasteiger partial charge in [-0.25, -0.2) is 4.39 Å². The number of rotatable bonds is 7. The van der Waals surface area contributed by atoms with Gasteiger partial charge in [-0.1, -0.05) is 52.0 Å². The SMILES string of the molecule is CCCCC1CCC(C(C)CC2CCC(c3ccc(C#N)c(F)c3)CC2)CC1. The minimum absolute atomic E-state index is 0.163. The van der Waals surface area contributed by atoms with Crippen molar-refractivity contribution in [2.75, 3.05) is 0 Å². The third-order valence-electron chi connectivity index (χ3n) is 7.80. The van der Waals surface area contributed by atoms with Crippen molar-refractivity contribution in [3.8, 4) is 6.07 Å². The van der Waals surface area contributed by atoms with Crippen LogP contribution in [0, 0.1) is 40.8 Å². The molecule has 2 saturated carbocycles. The summed E-state index contributed by atoms with van der Waals surface area (Å²) in [6, 6.07) is 7.14. The van der Waals surface area contributed by atoms with Gasteiger partial charge in [-0.2, -0.15) is 5.26 Å². The summed E-state index contributed by atoms with van der Waals surface area (Å²) in [5.41, 5.74) is 1.25. The second-order valence-electron chi connectivity index (χ2n) is 9.70. The van der Waals surface area contributed by atoms with Crippen LogP contribution in [0.2, 0.25) is 0 Å². The zero-order valence-electron chi connectivity index (χ0n) is 17.9. The molecule has 0 heterocycles. The summed E-state index contributed by atoms with van der Waals surface area (Å²) < 4.78 is 13.9. The molecule has 0 radical (unpaired) electrons. The van der Waals surface area contributed by atoms with Gasteiger partial charge in [-0.3, -0.25) is 0 Å². The van der Waals surface area contributed by atoms with Crippen molar-refractivity contribution in [1.29, 1.82) is 5.26 Å². The molecular formula is C26H38FN. The quantitative estimate of drug-likeness (QED) is 0.468. The molecule has 154 valence electrons. The molecule has 0 aromatic heterocycles. The zero-order valence-corrected chi connectivity index (χ0v) is 17.9. The number of hydrogen-bond donors (Lipinski definition) is 0. The normalized spacial score (nSPS) is 29.2. The van der Waals surface area contributed by atoms with E-state index in [2.05, 4.69) is 13.8 Å². The maximum Gasteiger partial charge on any atom is 0.141 e. The largest absolute Gasteiger partial charge is 0.206 e. The van der Waals surface area contributed by atoms with Crippen LogP contribution in [-0.4, -0.2) is 0 Å². The molecule has 0 spiro atoms. The molecule has 3 rings (SSSR count). The highest BCUT2D eigenvalue weighted by Gasteiger charge is 2.29. The van der Waals surface area contributed by atoms with Gasteiger partial charge < -0.3 is 0 Å². The summed E-state index contributed by atoms with van der Waals surface area (Å²) in [5.74, 6) is 3.79. The van der Waals surface area contributed by atoms with E-state index in [0.717, 1.165) is 29.2 Å². The predicted octanol–water partition coefficient (Wildman–Crippen LogP) is 7.99. The zero-order chi connectivity index (χ0) is 19.9. The summed E-state index contributed by atoms with van der Waals surface area (Å²) in [6.45, 7) is 4.80. The first kappa shape index (κ1) is 21.4. The summed E-state index contributed by atoms with van der Waals surface area (Å²) in [5, 5.41) is 8.91. The Labute approximate surface area is 171 Å². The van der Waals surface area contributed by atoms with Gasteiger partial charge in [0.25, 0.3) is 0 Å². The lowest BCUT2D eigenvalue weighted by Gasteiger charge is -2.36. The van der Waals surface area contributed by atoms with Crippen molar-refractivity contribution in [1.82, 2.24) is 0 Å². The van der Waals surface area contributed by atoms with Crippen molar-refractivity contribution >= 4 is 0 Å². The standard InChI is InChI=1S/C26H38FN/c1-3-4-5-20-6-10-22(11-7-20)19(2)16-21-8-12-23(13-9-21)24-14-15-25(18-28)26(27)17-24/h14-15,17,19-23H,3-13,16H2,1-2H3. The van der Waals surface area contributed by atoms with Gasteiger partial charge in [0.2, 0.25) is 0 Å². The minimum atomic E-state index is -0.356. The van der Waals surface area contributed by atoms with E-state index >= 15 is 0 Å². The molecule has 0 saturated heterocycles.